The molecule has 0 spiro atoms. The molecule has 0 aliphatic heterocycles. The molecular formula is C65H123NO5. The molecule has 0 aromatic rings. The summed E-state index contributed by atoms with van der Waals surface area (Å²) in [5, 5.41) is 23.2. The molecule has 3 N–H and O–H groups in total. The van der Waals surface area contributed by atoms with E-state index in [0.29, 0.717) is 25.9 Å². The van der Waals surface area contributed by atoms with E-state index in [-0.39, 0.29) is 18.5 Å². The van der Waals surface area contributed by atoms with Gasteiger partial charge >= 0.3 is 5.97 Å². The Morgan fingerprint density at radius 1 is 0.394 bits per heavy atom. The van der Waals surface area contributed by atoms with Gasteiger partial charge in [0.2, 0.25) is 5.91 Å². The van der Waals surface area contributed by atoms with Crippen LogP contribution in [-0.2, 0) is 14.3 Å². The van der Waals surface area contributed by atoms with Gasteiger partial charge in [-0.05, 0) is 83.5 Å². The zero-order chi connectivity index (χ0) is 51.4. The minimum atomic E-state index is -0.662. The Morgan fingerprint density at radius 2 is 0.704 bits per heavy atom. The van der Waals surface area contributed by atoms with Crippen LogP contribution in [0.2, 0.25) is 0 Å². The van der Waals surface area contributed by atoms with Crippen LogP contribution in [0.4, 0.5) is 0 Å². The Hall–Kier alpha value is -1.92. The van der Waals surface area contributed by atoms with E-state index in [0.717, 1.165) is 51.4 Å². The number of aliphatic hydroxyl groups is 2. The molecule has 6 heteroatoms. The topological polar surface area (TPSA) is 95.9 Å². The number of nitrogens with one attached hydrogen (secondary N) is 1. The lowest BCUT2D eigenvalue weighted by Gasteiger charge is -2.22. The highest BCUT2D eigenvalue weighted by Crippen LogP contribution is 2.17. The summed E-state index contributed by atoms with van der Waals surface area (Å²) in [5.74, 6) is -0.0315. The zero-order valence-electron chi connectivity index (χ0n) is 47.7. The maximum atomic E-state index is 12.4. The standard InChI is InChI=1S/C65H123NO5/c1-3-5-7-9-11-13-15-35-39-43-47-51-55-59-65(70)71-60-56-52-48-44-40-37-34-32-30-28-26-24-22-20-18-16-17-19-21-23-25-27-29-31-33-36-38-42-46-50-54-58-64(69)66-62(61-67)63(68)57-53-49-45-41-14-12-10-8-6-4-2/h13,15,18,20,24,26,62-63,67-68H,3-12,14,16-17,19,21-23,25,27-61H2,1-2H3,(H,66,69)/b15-13-,20-18-,26-24-. The van der Waals surface area contributed by atoms with Crippen LogP contribution < -0.4 is 5.32 Å². The van der Waals surface area contributed by atoms with Gasteiger partial charge in [-0.1, -0.05) is 281 Å². The van der Waals surface area contributed by atoms with Crippen molar-refractivity contribution in [3.05, 3.63) is 36.5 Å². The third-order valence-electron chi connectivity index (χ3n) is 14.7. The zero-order valence-corrected chi connectivity index (χ0v) is 47.7. The molecular weight excluding hydrogens is 875 g/mol. The summed E-state index contributed by atoms with van der Waals surface area (Å²) in [6.07, 6.45) is 76.1. The fraction of sp³-hybridized carbons (Fsp3) is 0.877. The monoisotopic (exact) mass is 998 g/mol. The van der Waals surface area contributed by atoms with Crippen LogP contribution in [-0.4, -0.2) is 47.4 Å². The Bertz CT molecular complexity index is 1150. The second-order valence-corrected chi connectivity index (χ2v) is 21.7. The minimum absolute atomic E-state index is 0.00378. The summed E-state index contributed by atoms with van der Waals surface area (Å²) in [5.41, 5.74) is 0. The van der Waals surface area contributed by atoms with Crippen molar-refractivity contribution >= 4 is 11.9 Å². The molecule has 0 aromatic carbocycles. The van der Waals surface area contributed by atoms with Gasteiger partial charge in [0.05, 0.1) is 25.4 Å². The van der Waals surface area contributed by atoms with Gasteiger partial charge in [-0.2, -0.15) is 0 Å². The summed E-state index contributed by atoms with van der Waals surface area (Å²) in [4.78, 5) is 24.5. The van der Waals surface area contributed by atoms with Gasteiger partial charge in [-0.3, -0.25) is 9.59 Å². The fourth-order valence-electron chi connectivity index (χ4n) is 9.78. The lowest BCUT2D eigenvalue weighted by Crippen LogP contribution is -2.45. The first-order valence-electron chi connectivity index (χ1n) is 31.7. The number of carbonyl (C=O) groups is 2. The Balaban J connectivity index is 3.37. The quantitative estimate of drug-likeness (QED) is 0.0321. The molecule has 1 amide bonds. The molecule has 0 aliphatic rings. The molecule has 0 fully saturated rings. The van der Waals surface area contributed by atoms with Gasteiger partial charge in [-0.15, -0.1) is 0 Å². The van der Waals surface area contributed by atoms with Crippen LogP contribution >= 0.6 is 0 Å². The first kappa shape index (κ1) is 69.1. The van der Waals surface area contributed by atoms with Crippen molar-refractivity contribution in [1.29, 1.82) is 0 Å². The number of hydrogen-bond donors (Lipinski definition) is 3. The average molecular weight is 999 g/mol. The second-order valence-electron chi connectivity index (χ2n) is 21.7. The number of rotatable bonds is 59. The summed E-state index contributed by atoms with van der Waals surface area (Å²) >= 11 is 0. The van der Waals surface area contributed by atoms with E-state index >= 15 is 0 Å². The van der Waals surface area contributed by atoms with Gasteiger partial charge in [-0.25, -0.2) is 0 Å². The molecule has 0 saturated carbocycles. The van der Waals surface area contributed by atoms with Crippen LogP contribution in [0, 0.1) is 0 Å². The highest BCUT2D eigenvalue weighted by atomic mass is 16.5. The third kappa shape index (κ3) is 57.2. The summed E-state index contributed by atoms with van der Waals surface area (Å²) in [6.45, 7) is 4.93. The number of carbonyl (C=O) groups excluding carboxylic acids is 2. The van der Waals surface area contributed by atoms with Crippen molar-refractivity contribution in [3.63, 3.8) is 0 Å². The maximum absolute atomic E-state index is 12.4. The maximum Gasteiger partial charge on any atom is 0.305 e. The van der Waals surface area contributed by atoms with E-state index in [1.807, 2.05) is 0 Å². The molecule has 0 radical (unpaired) electrons. The molecule has 418 valence electrons. The smallest absolute Gasteiger partial charge is 0.305 e. The van der Waals surface area contributed by atoms with Gasteiger partial charge in [0.15, 0.2) is 0 Å². The summed E-state index contributed by atoms with van der Waals surface area (Å²) in [6, 6.07) is -0.539. The molecule has 0 rings (SSSR count). The number of unbranched alkanes of at least 4 members (excludes halogenated alkanes) is 42. The van der Waals surface area contributed by atoms with E-state index in [9.17, 15) is 19.8 Å². The van der Waals surface area contributed by atoms with Crippen molar-refractivity contribution in [3.8, 4) is 0 Å². The first-order valence-corrected chi connectivity index (χ1v) is 31.7. The van der Waals surface area contributed by atoms with Crippen LogP contribution in [0.5, 0.6) is 0 Å². The molecule has 0 saturated heterocycles. The molecule has 2 atom stereocenters. The second kappa shape index (κ2) is 60.6. The van der Waals surface area contributed by atoms with Crippen molar-refractivity contribution in [2.75, 3.05) is 13.2 Å². The summed E-state index contributed by atoms with van der Waals surface area (Å²) in [7, 11) is 0. The third-order valence-corrected chi connectivity index (χ3v) is 14.7. The highest BCUT2D eigenvalue weighted by molar-refractivity contribution is 5.76. The lowest BCUT2D eigenvalue weighted by atomic mass is 10.0. The van der Waals surface area contributed by atoms with Gasteiger partial charge < -0.3 is 20.3 Å². The van der Waals surface area contributed by atoms with Crippen LogP contribution in [0.15, 0.2) is 36.5 Å². The molecule has 0 heterocycles. The number of hydrogen-bond acceptors (Lipinski definition) is 5. The minimum Gasteiger partial charge on any atom is -0.466 e. The van der Waals surface area contributed by atoms with Crippen molar-refractivity contribution < 1.29 is 24.5 Å². The van der Waals surface area contributed by atoms with E-state index < -0.39 is 12.1 Å². The highest BCUT2D eigenvalue weighted by Gasteiger charge is 2.20. The molecule has 0 aromatic heterocycles. The van der Waals surface area contributed by atoms with E-state index in [1.165, 1.54) is 257 Å². The molecule has 0 bridgehead atoms. The number of esters is 1. The Labute approximate surface area is 443 Å². The van der Waals surface area contributed by atoms with E-state index in [4.69, 9.17) is 4.74 Å². The largest absolute Gasteiger partial charge is 0.466 e. The van der Waals surface area contributed by atoms with Gasteiger partial charge in [0.25, 0.3) is 0 Å². The number of amides is 1. The Morgan fingerprint density at radius 3 is 1.10 bits per heavy atom. The van der Waals surface area contributed by atoms with Crippen LogP contribution in [0.3, 0.4) is 0 Å². The predicted molar refractivity (Wildman–Crippen MR) is 310 cm³/mol. The number of allylic oxidation sites excluding steroid dienone is 6. The predicted octanol–water partition coefficient (Wildman–Crippen LogP) is 20.0. The van der Waals surface area contributed by atoms with Crippen molar-refractivity contribution in [2.45, 2.75) is 353 Å². The van der Waals surface area contributed by atoms with Crippen molar-refractivity contribution in [1.82, 2.24) is 5.32 Å². The molecule has 6 nitrogen and oxygen atoms in total. The summed E-state index contributed by atoms with van der Waals surface area (Å²) < 4.78 is 5.47. The van der Waals surface area contributed by atoms with E-state index in [2.05, 4.69) is 55.6 Å². The van der Waals surface area contributed by atoms with Crippen LogP contribution in [0.25, 0.3) is 0 Å². The Kier molecular flexibility index (Phi) is 59.0. The molecule has 0 aliphatic carbocycles. The molecule has 2 unspecified atom stereocenters. The lowest BCUT2D eigenvalue weighted by molar-refractivity contribution is -0.143. The number of aliphatic hydroxyl groups excluding tert-OH is 2. The van der Waals surface area contributed by atoms with Gasteiger partial charge in [0.1, 0.15) is 0 Å². The van der Waals surface area contributed by atoms with Crippen molar-refractivity contribution in [2.24, 2.45) is 0 Å². The van der Waals surface area contributed by atoms with Gasteiger partial charge in [0, 0.05) is 12.8 Å². The molecule has 71 heavy (non-hydrogen) atoms. The normalized spacial score (nSPS) is 12.8. The number of ether oxygens (including phenoxy) is 1. The van der Waals surface area contributed by atoms with Crippen LogP contribution in [0.1, 0.15) is 341 Å². The van der Waals surface area contributed by atoms with E-state index in [1.54, 1.807) is 0 Å². The fourth-order valence-corrected chi connectivity index (χ4v) is 9.78. The first-order chi connectivity index (χ1) is 35.0. The SMILES string of the molecule is CCCCCC/C=C\CCCCCCCC(=O)OCCCCCCCCCCC/C=C\C/C=C\CCCCCCCCCCCCCCCCCC(=O)NC(CO)C(O)CCCCCCCCCCCC. The average Bonchev–Trinajstić information content (AvgIpc) is 3.37.